The summed E-state index contributed by atoms with van der Waals surface area (Å²) >= 11 is 6.14. The summed E-state index contributed by atoms with van der Waals surface area (Å²) in [6.45, 7) is 8.23. The Kier molecular flexibility index (Phi) is 4.04. The predicted octanol–water partition coefficient (Wildman–Crippen LogP) is 3.62. The largest absolute Gasteiger partial charge is 0.478 e. The highest BCUT2D eigenvalue weighted by atomic mass is 35.5. The van der Waals surface area contributed by atoms with Crippen molar-refractivity contribution in [3.05, 3.63) is 34.5 Å². The maximum absolute atomic E-state index is 10.9. The van der Waals surface area contributed by atoms with Crippen LogP contribution in [0.2, 0.25) is 5.02 Å². The van der Waals surface area contributed by atoms with Crippen molar-refractivity contribution in [2.24, 2.45) is 5.41 Å². The first-order valence-corrected chi connectivity index (χ1v) is 7.00. The average molecular weight is 295 g/mol. The van der Waals surface area contributed by atoms with Crippen LogP contribution in [0.3, 0.4) is 0 Å². The van der Waals surface area contributed by atoms with Crippen LogP contribution in [0.4, 0.5) is 5.82 Å². The van der Waals surface area contributed by atoms with Crippen LogP contribution in [0, 0.1) is 5.41 Å². The molecule has 1 aliphatic rings. The summed E-state index contributed by atoms with van der Waals surface area (Å²) in [5, 5.41) is 9.30. The molecule has 0 bridgehead atoms. The van der Waals surface area contributed by atoms with Crippen molar-refractivity contribution in [3.63, 3.8) is 0 Å². The number of rotatable bonds is 2. The first-order valence-electron chi connectivity index (χ1n) is 6.62. The number of carboxylic acids is 1. The van der Waals surface area contributed by atoms with Crippen LogP contribution in [0.25, 0.3) is 0 Å². The molecule has 0 spiro atoms. The minimum atomic E-state index is -1.01. The Labute approximate surface area is 124 Å². The summed E-state index contributed by atoms with van der Waals surface area (Å²) in [7, 11) is 0. The van der Waals surface area contributed by atoms with Gasteiger partial charge < -0.3 is 10.0 Å². The molecule has 1 aromatic heterocycles. The molecule has 0 fully saturated rings. The van der Waals surface area contributed by atoms with Crippen molar-refractivity contribution >= 4 is 23.4 Å². The zero-order valence-electron chi connectivity index (χ0n) is 12.0. The molecule has 0 radical (unpaired) electrons. The molecule has 20 heavy (non-hydrogen) atoms. The third-order valence-corrected chi connectivity index (χ3v) is 3.82. The number of halogens is 1. The van der Waals surface area contributed by atoms with Crippen LogP contribution in [-0.2, 0) is 0 Å². The molecule has 108 valence electrons. The Morgan fingerprint density at radius 2 is 2.15 bits per heavy atom. The van der Waals surface area contributed by atoms with E-state index in [-0.39, 0.29) is 11.0 Å². The van der Waals surface area contributed by atoms with Crippen molar-refractivity contribution in [3.8, 4) is 0 Å². The van der Waals surface area contributed by atoms with E-state index in [0.717, 1.165) is 19.5 Å². The lowest BCUT2D eigenvalue weighted by atomic mass is 9.83. The first-order chi connectivity index (χ1) is 9.29. The van der Waals surface area contributed by atoms with Gasteiger partial charge in [-0.25, -0.2) is 9.78 Å². The van der Waals surface area contributed by atoms with E-state index in [4.69, 9.17) is 16.7 Å². The van der Waals surface area contributed by atoms with Crippen LogP contribution in [0.5, 0.6) is 0 Å². The van der Waals surface area contributed by atoms with E-state index in [0.29, 0.717) is 10.8 Å². The Morgan fingerprint density at radius 3 is 2.60 bits per heavy atom. The molecule has 0 saturated heterocycles. The second kappa shape index (κ2) is 5.44. The Morgan fingerprint density at radius 1 is 1.45 bits per heavy atom. The molecular weight excluding hydrogens is 276 g/mol. The van der Waals surface area contributed by atoms with Crippen molar-refractivity contribution in [2.45, 2.75) is 27.2 Å². The molecule has 4 nitrogen and oxygen atoms in total. The number of carboxylic acid groups (broad SMARTS) is 1. The molecule has 0 saturated carbocycles. The van der Waals surface area contributed by atoms with E-state index >= 15 is 0 Å². The fraction of sp³-hybridized carbons (Fsp3) is 0.467. The molecule has 2 heterocycles. The number of hydrogen-bond donors (Lipinski definition) is 1. The number of aromatic carboxylic acids is 1. The van der Waals surface area contributed by atoms with Gasteiger partial charge in [-0.2, -0.15) is 0 Å². The van der Waals surface area contributed by atoms with E-state index in [1.165, 1.54) is 17.8 Å². The van der Waals surface area contributed by atoms with E-state index < -0.39 is 5.97 Å². The lowest BCUT2D eigenvalue weighted by Crippen LogP contribution is -2.32. The predicted molar refractivity (Wildman–Crippen MR) is 80.6 cm³/mol. The first kappa shape index (κ1) is 14.9. The van der Waals surface area contributed by atoms with Gasteiger partial charge in [0.15, 0.2) is 0 Å². The number of nitrogens with zero attached hydrogens (tertiary/aromatic N) is 2. The molecule has 2 rings (SSSR count). The van der Waals surface area contributed by atoms with Crippen molar-refractivity contribution < 1.29 is 9.90 Å². The quantitative estimate of drug-likeness (QED) is 0.847. The number of aromatic nitrogens is 1. The van der Waals surface area contributed by atoms with Crippen LogP contribution in [-0.4, -0.2) is 29.1 Å². The smallest absolute Gasteiger partial charge is 0.337 e. The van der Waals surface area contributed by atoms with Crippen LogP contribution in [0.15, 0.2) is 23.9 Å². The van der Waals surface area contributed by atoms with Gasteiger partial charge in [0, 0.05) is 19.3 Å². The molecule has 0 unspecified atom stereocenters. The topological polar surface area (TPSA) is 53.4 Å². The Bertz CT molecular complexity index is 561. The minimum absolute atomic E-state index is 0.113. The van der Waals surface area contributed by atoms with Crippen molar-refractivity contribution in [1.29, 1.82) is 0 Å². The SMILES string of the molecule is CC(C)(C)C1=CCN(c2ncc(C(=O)O)cc2Cl)CC1. The second-order valence-corrected chi connectivity index (χ2v) is 6.42. The lowest BCUT2D eigenvalue weighted by molar-refractivity contribution is 0.0696. The van der Waals surface area contributed by atoms with Gasteiger partial charge in [-0.3, -0.25) is 0 Å². The Balaban J connectivity index is 2.19. The average Bonchev–Trinajstić information content (AvgIpc) is 2.37. The zero-order valence-corrected chi connectivity index (χ0v) is 12.7. The molecule has 1 N–H and O–H groups in total. The lowest BCUT2D eigenvalue weighted by Gasteiger charge is -2.33. The molecule has 0 aliphatic carbocycles. The van der Waals surface area contributed by atoms with Gasteiger partial charge in [0.05, 0.1) is 10.6 Å². The number of anilines is 1. The maximum atomic E-state index is 10.9. The summed E-state index contributed by atoms with van der Waals surface area (Å²) < 4.78 is 0. The van der Waals surface area contributed by atoms with Crippen molar-refractivity contribution in [2.75, 3.05) is 18.0 Å². The van der Waals surface area contributed by atoms with Gasteiger partial charge in [0.2, 0.25) is 0 Å². The van der Waals surface area contributed by atoms with E-state index in [9.17, 15) is 4.79 Å². The fourth-order valence-corrected chi connectivity index (χ4v) is 2.61. The van der Waals surface area contributed by atoms with Crippen LogP contribution >= 0.6 is 11.6 Å². The van der Waals surface area contributed by atoms with Crippen LogP contribution in [0.1, 0.15) is 37.6 Å². The van der Waals surface area contributed by atoms with E-state index in [1.54, 1.807) is 0 Å². The molecule has 0 aromatic carbocycles. The van der Waals surface area contributed by atoms with Crippen LogP contribution < -0.4 is 4.90 Å². The number of carbonyl (C=O) groups is 1. The standard InChI is InChI=1S/C15H19ClN2O2/c1-15(2,3)11-4-6-18(7-5-11)13-12(16)8-10(9-17-13)14(19)20/h4,8-9H,5-7H2,1-3H3,(H,19,20). The number of pyridine rings is 1. The third kappa shape index (κ3) is 3.12. The highest BCUT2D eigenvalue weighted by Crippen LogP contribution is 2.32. The molecule has 0 amide bonds. The summed E-state index contributed by atoms with van der Waals surface area (Å²) in [4.78, 5) is 17.1. The summed E-state index contributed by atoms with van der Waals surface area (Å²) in [6, 6.07) is 1.45. The monoisotopic (exact) mass is 294 g/mol. The minimum Gasteiger partial charge on any atom is -0.478 e. The maximum Gasteiger partial charge on any atom is 0.337 e. The highest BCUT2D eigenvalue weighted by Gasteiger charge is 2.23. The van der Waals surface area contributed by atoms with Gasteiger partial charge in [-0.15, -0.1) is 0 Å². The molecule has 1 aromatic rings. The molecule has 0 atom stereocenters. The summed E-state index contributed by atoms with van der Waals surface area (Å²) in [5.74, 6) is -0.361. The molecular formula is C15H19ClN2O2. The second-order valence-electron chi connectivity index (χ2n) is 6.01. The fourth-order valence-electron chi connectivity index (χ4n) is 2.32. The number of hydrogen-bond acceptors (Lipinski definition) is 3. The Hall–Kier alpha value is -1.55. The van der Waals surface area contributed by atoms with Gasteiger partial charge in [0.25, 0.3) is 0 Å². The van der Waals surface area contributed by atoms with Gasteiger partial charge in [-0.05, 0) is 17.9 Å². The third-order valence-electron chi connectivity index (χ3n) is 3.54. The molecule has 1 aliphatic heterocycles. The van der Waals surface area contributed by atoms with Crippen molar-refractivity contribution in [1.82, 2.24) is 4.98 Å². The summed E-state index contributed by atoms with van der Waals surface area (Å²) in [5.41, 5.74) is 1.74. The van der Waals surface area contributed by atoms with Gasteiger partial charge in [0.1, 0.15) is 5.82 Å². The highest BCUT2D eigenvalue weighted by molar-refractivity contribution is 6.33. The van der Waals surface area contributed by atoms with Gasteiger partial charge in [-0.1, -0.05) is 44.0 Å². The summed E-state index contributed by atoms with van der Waals surface area (Å²) in [6.07, 6.45) is 4.54. The van der Waals surface area contributed by atoms with E-state index in [2.05, 4.69) is 36.7 Å². The van der Waals surface area contributed by atoms with E-state index in [1.807, 2.05) is 0 Å². The zero-order chi connectivity index (χ0) is 14.9. The molecule has 5 heteroatoms. The normalized spacial score (nSPS) is 16.0. The van der Waals surface area contributed by atoms with Gasteiger partial charge >= 0.3 is 5.97 Å².